The van der Waals surface area contributed by atoms with Crippen LogP contribution in [-0.4, -0.2) is 31.4 Å². The Bertz CT molecular complexity index is 244. The molecule has 1 saturated heterocycles. The van der Waals surface area contributed by atoms with Crippen molar-refractivity contribution in [1.82, 2.24) is 5.06 Å². The molecule has 0 amide bonds. The van der Waals surface area contributed by atoms with E-state index >= 15 is 0 Å². The predicted octanol–water partition coefficient (Wildman–Crippen LogP) is 1.11. The van der Waals surface area contributed by atoms with Crippen molar-refractivity contribution in [1.29, 1.82) is 0 Å². The summed E-state index contributed by atoms with van der Waals surface area (Å²) in [6, 6.07) is 10.4. The molecule has 0 atom stereocenters. The van der Waals surface area contributed by atoms with Gasteiger partial charge in [-0.2, -0.15) is 0 Å². The highest BCUT2D eigenvalue weighted by atomic mass is 16.7. The summed E-state index contributed by atoms with van der Waals surface area (Å²) < 4.78 is 5.21. The van der Waals surface area contributed by atoms with Crippen molar-refractivity contribution >= 4 is 0 Å². The Morgan fingerprint density at radius 3 is 2.62 bits per heavy atom. The van der Waals surface area contributed by atoms with Crippen LogP contribution in [0.3, 0.4) is 0 Å². The summed E-state index contributed by atoms with van der Waals surface area (Å²) in [4.78, 5) is 5.59. The Morgan fingerprint density at radius 2 is 1.92 bits per heavy atom. The lowest BCUT2D eigenvalue weighted by atomic mass is 10.3. The van der Waals surface area contributed by atoms with Gasteiger partial charge < -0.3 is 9.57 Å². The third kappa shape index (κ3) is 2.44. The largest absolute Gasteiger partial charge is 0.406 e. The molecule has 1 heterocycles. The van der Waals surface area contributed by atoms with Gasteiger partial charge in [-0.3, -0.25) is 0 Å². The molecule has 3 nitrogen and oxygen atoms in total. The van der Waals surface area contributed by atoms with Crippen molar-refractivity contribution in [3.63, 3.8) is 0 Å². The van der Waals surface area contributed by atoms with Crippen LogP contribution >= 0.6 is 0 Å². The molecule has 0 bridgehead atoms. The van der Waals surface area contributed by atoms with Crippen LogP contribution in [-0.2, 0) is 4.74 Å². The molecule has 0 unspecified atom stereocenters. The maximum absolute atomic E-state index is 5.59. The molecule has 1 aromatic rings. The van der Waals surface area contributed by atoms with Crippen molar-refractivity contribution in [2.45, 2.75) is 0 Å². The number of morpholine rings is 1. The standard InChI is InChI=1S/C10H12NO2/c1-2-4-10(5-3-1)13-11-6-8-12-9-7-11/h2-5H,6-9H2. The Balaban J connectivity index is 1.90. The molecule has 0 N–H and O–H groups in total. The van der Waals surface area contributed by atoms with Crippen LogP contribution in [0.15, 0.2) is 24.3 Å². The third-order valence-electron chi connectivity index (χ3n) is 1.89. The van der Waals surface area contributed by atoms with E-state index in [1.165, 1.54) is 0 Å². The number of hydroxylamine groups is 2. The van der Waals surface area contributed by atoms with Crippen molar-refractivity contribution in [2.75, 3.05) is 26.3 Å². The van der Waals surface area contributed by atoms with E-state index in [-0.39, 0.29) is 0 Å². The zero-order valence-corrected chi connectivity index (χ0v) is 7.40. The second-order valence-electron chi connectivity index (χ2n) is 2.87. The van der Waals surface area contributed by atoms with Crippen molar-refractivity contribution in [3.05, 3.63) is 30.3 Å². The Hall–Kier alpha value is -1.06. The molecular weight excluding hydrogens is 166 g/mol. The minimum absolute atomic E-state index is 0.749. The van der Waals surface area contributed by atoms with E-state index in [4.69, 9.17) is 9.57 Å². The summed E-state index contributed by atoms with van der Waals surface area (Å²) in [5, 5.41) is 1.92. The molecule has 1 fully saturated rings. The minimum Gasteiger partial charge on any atom is -0.406 e. The van der Waals surface area contributed by atoms with E-state index in [9.17, 15) is 0 Å². The number of rotatable bonds is 2. The summed E-state index contributed by atoms with van der Waals surface area (Å²) in [6.07, 6.45) is 0. The summed E-state index contributed by atoms with van der Waals surface area (Å²) in [5.74, 6) is 0.862. The Kier molecular flexibility index (Phi) is 2.79. The van der Waals surface area contributed by atoms with Crippen molar-refractivity contribution < 1.29 is 9.57 Å². The van der Waals surface area contributed by atoms with E-state index < -0.39 is 0 Å². The molecule has 0 aromatic heterocycles. The summed E-state index contributed by atoms with van der Waals surface area (Å²) in [7, 11) is 0. The normalized spacial score (nSPS) is 18.5. The maximum Gasteiger partial charge on any atom is 0.147 e. The molecule has 13 heavy (non-hydrogen) atoms. The van der Waals surface area contributed by atoms with Crippen LogP contribution in [0.4, 0.5) is 0 Å². The van der Waals surface area contributed by atoms with Gasteiger partial charge in [-0.1, -0.05) is 12.1 Å². The lowest BCUT2D eigenvalue weighted by Crippen LogP contribution is -2.38. The van der Waals surface area contributed by atoms with Crippen LogP contribution in [0.5, 0.6) is 5.75 Å². The van der Waals surface area contributed by atoms with Crippen LogP contribution in [0, 0.1) is 6.07 Å². The average molecular weight is 178 g/mol. The van der Waals surface area contributed by atoms with Crippen LogP contribution in [0.25, 0.3) is 0 Å². The molecule has 0 spiro atoms. The van der Waals surface area contributed by atoms with Crippen molar-refractivity contribution in [2.24, 2.45) is 0 Å². The number of benzene rings is 1. The summed E-state index contributed by atoms with van der Waals surface area (Å²) >= 11 is 0. The SMILES string of the molecule is [c]1ccc(ON2CCOCC2)cc1. The van der Waals surface area contributed by atoms with Gasteiger partial charge >= 0.3 is 0 Å². The van der Waals surface area contributed by atoms with E-state index in [0.29, 0.717) is 0 Å². The van der Waals surface area contributed by atoms with E-state index in [1.807, 2.05) is 29.3 Å². The summed E-state index contributed by atoms with van der Waals surface area (Å²) in [6.45, 7) is 3.16. The van der Waals surface area contributed by atoms with Gasteiger partial charge in [0.15, 0.2) is 0 Å². The molecule has 0 aliphatic carbocycles. The van der Waals surface area contributed by atoms with Gasteiger partial charge in [0.25, 0.3) is 0 Å². The molecule has 1 aromatic carbocycles. The van der Waals surface area contributed by atoms with Gasteiger partial charge in [-0.05, 0) is 18.2 Å². The fraction of sp³-hybridized carbons (Fsp3) is 0.400. The van der Waals surface area contributed by atoms with Gasteiger partial charge in [-0.25, -0.2) is 0 Å². The quantitative estimate of drug-likeness (QED) is 0.677. The fourth-order valence-electron chi connectivity index (χ4n) is 1.22. The lowest BCUT2D eigenvalue weighted by Gasteiger charge is -2.25. The van der Waals surface area contributed by atoms with E-state index in [0.717, 1.165) is 32.1 Å². The monoisotopic (exact) mass is 178 g/mol. The Morgan fingerprint density at radius 1 is 1.23 bits per heavy atom. The first-order valence-electron chi connectivity index (χ1n) is 4.42. The molecule has 2 rings (SSSR count). The zero-order valence-electron chi connectivity index (χ0n) is 7.40. The van der Waals surface area contributed by atoms with Gasteiger partial charge in [0.1, 0.15) is 5.75 Å². The highest BCUT2D eigenvalue weighted by Gasteiger charge is 2.11. The summed E-state index contributed by atoms with van der Waals surface area (Å²) in [5.41, 5.74) is 0. The van der Waals surface area contributed by atoms with Crippen LogP contribution < -0.4 is 4.84 Å². The van der Waals surface area contributed by atoms with E-state index in [2.05, 4.69) is 6.07 Å². The predicted molar refractivity (Wildman–Crippen MR) is 48.3 cm³/mol. The highest BCUT2D eigenvalue weighted by molar-refractivity contribution is 5.19. The maximum atomic E-state index is 5.59. The number of hydrogen-bond donors (Lipinski definition) is 0. The van der Waals surface area contributed by atoms with Gasteiger partial charge in [0.05, 0.1) is 26.3 Å². The van der Waals surface area contributed by atoms with Gasteiger partial charge in [0, 0.05) is 0 Å². The lowest BCUT2D eigenvalue weighted by molar-refractivity contribution is -0.118. The zero-order chi connectivity index (χ0) is 8.93. The molecule has 0 saturated carbocycles. The Labute approximate surface area is 77.8 Å². The van der Waals surface area contributed by atoms with Crippen LogP contribution in [0.1, 0.15) is 0 Å². The molecule has 1 aliphatic rings. The second-order valence-corrected chi connectivity index (χ2v) is 2.87. The van der Waals surface area contributed by atoms with E-state index in [1.54, 1.807) is 0 Å². The number of nitrogens with zero attached hydrogens (tertiary/aromatic N) is 1. The number of ether oxygens (including phenoxy) is 1. The first-order chi connectivity index (χ1) is 6.45. The van der Waals surface area contributed by atoms with Gasteiger partial charge in [-0.15, -0.1) is 5.06 Å². The molecule has 1 aliphatic heterocycles. The minimum atomic E-state index is 0.749. The topological polar surface area (TPSA) is 21.7 Å². The molecule has 69 valence electrons. The molecular formula is C10H12NO2. The smallest absolute Gasteiger partial charge is 0.147 e. The van der Waals surface area contributed by atoms with Gasteiger partial charge in [0.2, 0.25) is 0 Å². The molecule has 1 radical (unpaired) electrons. The first kappa shape index (κ1) is 8.53. The second kappa shape index (κ2) is 4.25. The number of hydrogen-bond acceptors (Lipinski definition) is 3. The highest BCUT2D eigenvalue weighted by Crippen LogP contribution is 2.10. The first-order valence-corrected chi connectivity index (χ1v) is 4.42. The van der Waals surface area contributed by atoms with Crippen LogP contribution in [0.2, 0.25) is 0 Å². The molecule has 3 heteroatoms. The fourth-order valence-corrected chi connectivity index (χ4v) is 1.22. The average Bonchev–Trinajstić information content (AvgIpc) is 2.21. The third-order valence-corrected chi connectivity index (χ3v) is 1.89. The van der Waals surface area contributed by atoms with Crippen molar-refractivity contribution in [3.8, 4) is 5.75 Å².